The van der Waals surface area contributed by atoms with Crippen molar-refractivity contribution in [2.45, 2.75) is 0 Å². The van der Waals surface area contributed by atoms with Gasteiger partial charge in [-0.1, -0.05) is 18.2 Å². The van der Waals surface area contributed by atoms with Crippen molar-refractivity contribution in [3.63, 3.8) is 0 Å². The molecule has 0 spiro atoms. The molecule has 2 rings (SSSR count). The van der Waals surface area contributed by atoms with Crippen molar-refractivity contribution < 1.29 is 21.1 Å². The van der Waals surface area contributed by atoms with Crippen LogP contribution in [0.25, 0.3) is 10.8 Å². The zero-order valence-corrected chi connectivity index (χ0v) is 12.5. The number of rotatable bonds is 1. The summed E-state index contributed by atoms with van der Waals surface area (Å²) in [5.74, 6) is 0.786. The molecule has 68 valence electrons. The summed E-state index contributed by atoms with van der Waals surface area (Å²) >= 11 is 4.25. The van der Waals surface area contributed by atoms with Crippen LogP contribution in [0.2, 0.25) is 0 Å². The van der Waals surface area contributed by atoms with E-state index in [1.807, 2.05) is 30.3 Å². The van der Waals surface area contributed by atoms with E-state index >= 15 is 0 Å². The van der Waals surface area contributed by atoms with Crippen LogP contribution in [0.4, 0.5) is 0 Å². The van der Waals surface area contributed by atoms with Crippen LogP contribution in [0.1, 0.15) is 0 Å². The summed E-state index contributed by atoms with van der Waals surface area (Å²) in [6.45, 7) is 0. The molecule has 0 N–H and O–H groups in total. The van der Waals surface area contributed by atoms with Crippen LogP contribution in [0.15, 0.2) is 36.4 Å². The molecule has 0 atom stereocenters. The summed E-state index contributed by atoms with van der Waals surface area (Å²) in [5.41, 5.74) is 0. The Hall–Kier alpha value is -0.397. The Labute approximate surface area is 100 Å². The van der Waals surface area contributed by atoms with Gasteiger partial charge in [0.1, 0.15) is 0 Å². The zero-order chi connectivity index (χ0) is 10.4. The molecular formula is C11H9BrOZn. The third kappa shape index (κ3) is 2.80. The first-order chi connectivity index (χ1) is 6.90. The number of ether oxygens (including phenoxy) is 1. The van der Waals surface area contributed by atoms with Crippen LogP contribution in [0.3, 0.4) is 0 Å². The van der Waals surface area contributed by atoms with Gasteiger partial charge in [-0.15, -0.1) is 35.0 Å². The molecule has 2 aromatic carbocycles. The van der Waals surface area contributed by atoms with Gasteiger partial charge in [0.15, 0.2) is 0 Å². The Bertz CT molecular complexity index is 403. The number of benzene rings is 2. The molecule has 0 aromatic heterocycles. The van der Waals surface area contributed by atoms with Gasteiger partial charge >= 0.3 is 30.0 Å². The fourth-order valence-electron chi connectivity index (χ4n) is 1.22. The normalized spacial score (nSPS) is 9.14. The van der Waals surface area contributed by atoms with Gasteiger partial charge in [-0.3, -0.25) is 0 Å². The first-order valence-electron chi connectivity index (χ1n) is 4.12. The van der Waals surface area contributed by atoms with Crippen LogP contribution in [0, 0.1) is 6.07 Å². The molecule has 0 radical (unpaired) electrons. The fraction of sp³-hybridized carbons (Fsp3) is 0.0909. The summed E-state index contributed by atoms with van der Waals surface area (Å²) in [4.78, 5) is 0. The summed E-state index contributed by atoms with van der Waals surface area (Å²) < 4.78 is 5.07. The molecule has 0 bridgehead atoms. The van der Waals surface area contributed by atoms with Gasteiger partial charge in [0, 0.05) is 5.75 Å². The monoisotopic (exact) mass is 300 g/mol. The number of hydrogen-bond donors (Lipinski definition) is 0. The standard InChI is InChI=1S/C11H9O.BrH.Zn/c1-12-11-7-6-9-4-2-3-5-10(9)8-11;;/h2-7H,1H3;1H;/q-1;;+2/p-1. The molecule has 0 heterocycles. The van der Waals surface area contributed by atoms with E-state index in [1.54, 1.807) is 7.11 Å². The van der Waals surface area contributed by atoms with Crippen molar-refractivity contribution in [2.75, 3.05) is 7.11 Å². The van der Waals surface area contributed by atoms with Crippen LogP contribution in [-0.4, -0.2) is 7.11 Å². The molecule has 0 aliphatic rings. The number of methoxy groups -OCH3 is 1. The second-order valence-electron chi connectivity index (χ2n) is 2.61. The van der Waals surface area contributed by atoms with E-state index in [0.29, 0.717) is 0 Å². The molecule has 0 aliphatic heterocycles. The maximum atomic E-state index is 5.07. The SMILES string of the molecule is COc1[c-]c2ccccc2cc1.[Zn+][Br]. The van der Waals surface area contributed by atoms with Crippen molar-refractivity contribution in [2.24, 2.45) is 0 Å². The second kappa shape index (κ2) is 6.16. The topological polar surface area (TPSA) is 9.23 Å². The molecule has 2 aromatic rings. The Morgan fingerprint density at radius 3 is 2.57 bits per heavy atom. The van der Waals surface area contributed by atoms with E-state index in [9.17, 15) is 0 Å². The predicted molar refractivity (Wildman–Crippen MR) is 58.3 cm³/mol. The van der Waals surface area contributed by atoms with Crippen molar-refractivity contribution in [1.29, 1.82) is 0 Å². The molecule has 0 amide bonds. The molecule has 0 unspecified atom stereocenters. The van der Waals surface area contributed by atoms with Crippen LogP contribution in [0.5, 0.6) is 5.75 Å². The first kappa shape index (κ1) is 11.7. The number of fused-ring (bicyclic) bond motifs is 1. The Morgan fingerprint density at radius 1 is 1.14 bits per heavy atom. The van der Waals surface area contributed by atoms with Crippen molar-refractivity contribution in [1.82, 2.24) is 0 Å². The molecule has 14 heavy (non-hydrogen) atoms. The van der Waals surface area contributed by atoms with Gasteiger partial charge in [-0.2, -0.15) is 0 Å². The van der Waals surface area contributed by atoms with Gasteiger partial charge in [0.05, 0.1) is 7.11 Å². The Morgan fingerprint density at radius 2 is 1.86 bits per heavy atom. The van der Waals surface area contributed by atoms with E-state index in [4.69, 9.17) is 4.74 Å². The van der Waals surface area contributed by atoms with Crippen LogP contribution >= 0.6 is 13.6 Å². The summed E-state index contributed by atoms with van der Waals surface area (Å²) in [5, 5.41) is 2.29. The third-order valence-electron chi connectivity index (χ3n) is 1.85. The van der Waals surface area contributed by atoms with E-state index < -0.39 is 0 Å². The second-order valence-corrected chi connectivity index (χ2v) is 2.61. The minimum absolute atomic E-state index is 0.786. The first-order valence-corrected chi connectivity index (χ1v) is 11.1. The van der Waals surface area contributed by atoms with E-state index in [-0.39, 0.29) is 0 Å². The maximum absolute atomic E-state index is 5.07. The van der Waals surface area contributed by atoms with E-state index in [1.165, 1.54) is 21.7 Å². The average molecular weight is 302 g/mol. The Kier molecular flexibility index (Phi) is 5.13. The van der Waals surface area contributed by atoms with E-state index in [2.05, 4.69) is 25.8 Å². The summed E-state index contributed by atoms with van der Waals surface area (Å²) in [6, 6.07) is 15.2. The average Bonchev–Trinajstić information content (AvgIpc) is 2.31. The molecule has 3 heteroatoms. The van der Waals surface area contributed by atoms with E-state index in [0.717, 1.165) is 11.1 Å². The van der Waals surface area contributed by atoms with Crippen LogP contribution in [-0.2, 0) is 16.3 Å². The summed E-state index contributed by atoms with van der Waals surface area (Å²) in [6.07, 6.45) is 0. The molecule has 0 saturated heterocycles. The van der Waals surface area contributed by atoms with Gasteiger partial charge in [0.2, 0.25) is 0 Å². The van der Waals surface area contributed by atoms with Crippen LogP contribution < -0.4 is 4.74 Å². The minimum atomic E-state index is 0.786. The predicted octanol–water partition coefficient (Wildman–Crippen LogP) is 3.49. The van der Waals surface area contributed by atoms with Crippen molar-refractivity contribution in [3.05, 3.63) is 42.5 Å². The molecule has 1 nitrogen and oxygen atoms in total. The molecule has 0 aliphatic carbocycles. The fourth-order valence-corrected chi connectivity index (χ4v) is 1.22. The van der Waals surface area contributed by atoms with Gasteiger partial charge in [-0.25, -0.2) is 0 Å². The molecule has 0 saturated carbocycles. The zero-order valence-electron chi connectivity index (χ0n) is 7.96. The van der Waals surface area contributed by atoms with Gasteiger partial charge < -0.3 is 4.74 Å². The van der Waals surface area contributed by atoms with Gasteiger partial charge in [0.25, 0.3) is 0 Å². The molecular weight excluding hydrogens is 293 g/mol. The summed E-state index contributed by atoms with van der Waals surface area (Å²) in [7, 11) is 1.65. The molecule has 0 fully saturated rings. The third-order valence-corrected chi connectivity index (χ3v) is 1.85. The van der Waals surface area contributed by atoms with Gasteiger partial charge in [-0.05, 0) is 0 Å². The van der Waals surface area contributed by atoms with Crippen molar-refractivity contribution in [3.8, 4) is 5.75 Å². The number of halogens is 1. The number of hydrogen-bond acceptors (Lipinski definition) is 1. The quantitative estimate of drug-likeness (QED) is 0.579. The Balaban J connectivity index is 0.000000461. The van der Waals surface area contributed by atoms with Crippen molar-refractivity contribution >= 4 is 24.4 Å².